The summed E-state index contributed by atoms with van der Waals surface area (Å²) in [6, 6.07) is 10.4. The minimum absolute atomic E-state index is 0.0390. The summed E-state index contributed by atoms with van der Waals surface area (Å²) in [4.78, 5) is 12.3. The van der Waals surface area contributed by atoms with Gasteiger partial charge in [0.25, 0.3) is 0 Å². The number of carbonyl (C=O) groups excluding carboxylic acids is 1. The van der Waals surface area contributed by atoms with Crippen LogP contribution in [0, 0.1) is 5.92 Å². The van der Waals surface area contributed by atoms with Crippen LogP contribution in [0.4, 0.5) is 23.7 Å². The lowest BCUT2D eigenvalue weighted by Gasteiger charge is -2.13. The van der Waals surface area contributed by atoms with Crippen molar-refractivity contribution in [2.24, 2.45) is 5.92 Å². The van der Waals surface area contributed by atoms with Gasteiger partial charge in [0.05, 0.1) is 5.56 Å². The van der Waals surface area contributed by atoms with Gasteiger partial charge in [0.1, 0.15) is 11.4 Å². The Kier molecular flexibility index (Phi) is 6.55. The lowest BCUT2D eigenvalue weighted by molar-refractivity contribution is -0.137. The van der Waals surface area contributed by atoms with Crippen molar-refractivity contribution in [1.82, 2.24) is 4.72 Å². The van der Waals surface area contributed by atoms with E-state index in [0.717, 1.165) is 24.1 Å². The second-order valence-corrected chi connectivity index (χ2v) is 7.36. The van der Waals surface area contributed by atoms with E-state index in [1.807, 2.05) is 6.07 Å². The predicted molar refractivity (Wildman–Crippen MR) is 95.0 cm³/mol. The molecule has 8 heteroatoms. The van der Waals surface area contributed by atoms with E-state index in [1.165, 1.54) is 12.1 Å². The summed E-state index contributed by atoms with van der Waals surface area (Å²) >= 11 is -1.82. The van der Waals surface area contributed by atoms with E-state index in [-0.39, 0.29) is 5.69 Å². The summed E-state index contributed by atoms with van der Waals surface area (Å²) in [5.74, 6) is 0.427. The Morgan fingerprint density at radius 3 is 2.50 bits per heavy atom. The highest BCUT2D eigenvalue weighted by atomic mass is 32.2. The number of alkyl halides is 3. The second kappa shape index (κ2) is 8.46. The van der Waals surface area contributed by atoms with Crippen molar-refractivity contribution in [3.05, 3.63) is 59.7 Å². The second-order valence-electron chi connectivity index (χ2n) is 6.15. The van der Waals surface area contributed by atoms with Crippen LogP contribution in [0.25, 0.3) is 0 Å². The van der Waals surface area contributed by atoms with Gasteiger partial charge in [-0.2, -0.15) is 13.2 Å². The molecular weight excluding hydrogens is 365 g/mol. The highest BCUT2D eigenvalue weighted by Gasteiger charge is 2.30. The van der Waals surface area contributed by atoms with Crippen molar-refractivity contribution in [2.75, 3.05) is 5.32 Å². The summed E-state index contributed by atoms with van der Waals surface area (Å²) in [7, 11) is 0. The molecule has 2 aromatic rings. The number of halogens is 3. The molecule has 0 aliphatic rings. The molecule has 2 amide bonds. The summed E-state index contributed by atoms with van der Waals surface area (Å²) < 4.78 is 52.6. The van der Waals surface area contributed by atoms with Gasteiger partial charge in [-0.15, -0.1) is 4.72 Å². The van der Waals surface area contributed by atoms with Crippen molar-refractivity contribution in [2.45, 2.75) is 31.3 Å². The molecule has 0 radical (unpaired) electrons. The van der Waals surface area contributed by atoms with Crippen LogP contribution in [0.2, 0.25) is 0 Å². The van der Waals surface area contributed by atoms with Crippen molar-refractivity contribution in [1.29, 1.82) is 0 Å². The van der Waals surface area contributed by atoms with E-state index < -0.39 is 29.1 Å². The average Bonchev–Trinajstić information content (AvgIpc) is 2.53. The number of hydrogen-bond acceptors (Lipinski definition) is 2. The molecule has 0 aliphatic carbocycles. The fourth-order valence-electron chi connectivity index (χ4n) is 2.33. The number of hydrogen-bond donors (Lipinski definition) is 2. The van der Waals surface area contributed by atoms with Crippen molar-refractivity contribution in [3.63, 3.8) is 0 Å². The van der Waals surface area contributed by atoms with E-state index >= 15 is 0 Å². The van der Waals surface area contributed by atoms with Gasteiger partial charge in [-0.05, 0) is 48.2 Å². The number of anilines is 1. The van der Waals surface area contributed by atoms with Gasteiger partial charge in [0.15, 0.2) is 4.90 Å². The fourth-order valence-corrected chi connectivity index (χ4v) is 3.13. The van der Waals surface area contributed by atoms with E-state index in [1.54, 1.807) is 18.2 Å². The van der Waals surface area contributed by atoms with Crippen LogP contribution >= 0.6 is 0 Å². The molecule has 1 atom stereocenters. The van der Waals surface area contributed by atoms with E-state index in [0.29, 0.717) is 10.8 Å². The number of nitrogens with one attached hydrogen (secondary N) is 2. The van der Waals surface area contributed by atoms with Gasteiger partial charge in [0, 0.05) is 5.69 Å². The molecule has 0 spiro atoms. The minimum atomic E-state index is -4.51. The lowest BCUT2D eigenvalue weighted by atomic mass is 10.0. The van der Waals surface area contributed by atoms with Gasteiger partial charge in [-0.1, -0.05) is 32.0 Å². The quantitative estimate of drug-likeness (QED) is 0.731. The van der Waals surface area contributed by atoms with E-state index in [2.05, 4.69) is 23.9 Å². The molecule has 0 aromatic heterocycles. The molecule has 2 N–H and O–H groups in total. The first-order valence-corrected chi connectivity index (χ1v) is 9.06. The monoisotopic (exact) mass is 384 g/mol. The van der Waals surface area contributed by atoms with Crippen molar-refractivity contribution >= 4 is 23.1 Å². The molecule has 26 heavy (non-hydrogen) atoms. The molecule has 4 nitrogen and oxygen atoms in total. The highest BCUT2D eigenvalue weighted by Crippen LogP contribution is 2.30. The van der Waals surface area contributed by atoms with Crippen molar-refractivity contribution < 1.29 is 22.5 Å². The van der Waals surface area contributed by atoms with Crippen LogP contribution in [0.15, 0.2) is 53.4 Å². The Balaban J connectivity index is 2.01. The minimum Gasteiger partial charge on any atom is -0.588 e. The van der Waals surface area contributed by atoms with Gasteiger partial charge in [0.2, 0.25) is 0 Å². The number of benzene rings is 2. The Bertz CT molecular complexity index is 766. The van der Waals surface area contributed by atoms with E-state index in [4.69, 9.17) is 0 Å². The lowest BCUT2D eigenvalue weighted by Crippen LogP contribution is -2.34. The molecule has 0 bridgehead atoms. The first-order valence-electron chi connectivity index (χ1n) is 7.91. The normalized spacial score (nSPS) is 12.7. The van der Waals surface area contributed by atoms with Crippen LogP contribution in [0.5, 0.6) is 0 Å². The molecule has 0 saturated heterocycles. The molecule has 140 valence electrons. The SMILES string of the molecule is CC(C)Cc1cccc([S+]([O-])NC(=O)Nc2cccc(C(F)(F)F)c2)c1. The average molecular weight is 384 g/mol. The van der Waals surface area contributed by atoms with Crippen molar-refractivity contribution in [3.8, 4) is 0 Å². The molecule has 2 rings (SSSR count). The number of rotatable bonds is 5. The molecule has 1 unspecified atom stereocenters. The van der Waals surface area contributed by atoms with Gasteiger partial charge in [-0.25, -0.2) is 4.79 Å². The Morgan fingerprint density at radius 2 is 1.85 bits per heavy atom. The summed E-state index contributed by atoms with van der Waals surface area (Å²) in [6.07, 6.45) is -3.70. The number of amides is 2. The Labute approximate surface area is 153 Å². The Morgan fingerprint density at radius 1 is 1.15 bits per heavy atom. The van der Waals surface area contributed by atoms with Gasteiger partial charge >= 0.3 is 12.2 Å². The third-order valence-corrected chi connectivity index (χ3v) is 4.44. The zero-order valence-electron chi connectivity index (χ0n) is 14.3. The molecular formula is C18H19F3N2O2S. The predicted octanol–water partition coefficient (Wildman–Crippen LogP) is 4.75. The van der Waals surface area contributed by atoms with Crippen LogP contribution in [-0.2, 0) is 24.0 Å². The molecule has 0 heterocycles. The highest BCUT2D eigenvalue weighted by molar-refractivity contribution is 7.90. The fraction of sp³-hybridized carbons (Fsp3) is 0.278. The summed E-state index contributed by atoms with van der Waals surface area (Å²) in [5.41, 5.74) is 0.0756. The third-order valence-electron chi connectivity index (χ3n) is 3.39. The zero-order valence-corrected chi connectivity index (χ0v) is 15.1. The third kappa shape index (κ3) is 5.96. The summed E-state index contributed by atoms with van der Waals surface area (Å²) in [5, 5.41) is 2.26. The maximum atomic E-state index is 12.7. The molecule has 0 saturated carbocycles. The number of urea groups is 1. The summed E-state index contributed by atoms with van der Waals surface area (Å²) in [6.45, 7) is 4.12. The van der Waals surface area contributed by atoms with Gasteiger partial charge in [-0.3, -0.25) is 0 Å². The van der Waals surface area contributed by atoms with E-state index in [9.17, 15) is 22.5 Å². The van der Waals surface area contributed by atoms with Gasteiger partial charge < -0.3 is 9.87 Å². The topological polar surface area (TPSA) is 64.2 Å². The van der Waals surface area contributed by atoms with Crippen LogP contribution in [0.3, 0.4) is 0 Å². The maximum absolute atomic E-state index is 12.7. The molecule has 2 aromatic carbocycles. The molecule has 0 fully saturated rings. The number of carbonyl (C=O) groups is 1. The molecule has 0 aliphatic heterocycles. The van der Waals surface area contributed by atoms with Crippen LogP contribution in [0.1, 0.15) is 25.0 Å². The van der Waals surface area contributed by atoms with Crippen LogP contribution < -0.4 is 10.0 Å². The largest absolute Gasteiger partial charge is 0.588 e. The smallest absolute Gasteiger partial charge is 0.416 e. The standard InChI is InChI=1S/C18H19F3N2O2S/c1-12(2)9-13-5-3-8-16(10-13)26(25)23-17(24)22-15-7-4-6-14(11-15)18(19,20)21/h3-8,10-12H,9H2,1-2H3,(H2,22,23,24). The first-order chi connectivity index (χ1) is 12.1. The Hall–Kier alpha value is -2.19. The zero-order chi connectivity index (χ0) is 19.3. The first kappa shape index (κ1) is 20.1. The maximum Gasteiger partial charge on any atom is 0.416 e. The van der Waals surface area contributed by atoms with Crippen LogP contribution in [-0.4, -0.2) is 10.6 Å².